The maximum absolute atomic E-state index is 12.4. The van der Waals surface area contributed by atoms with Gasteiger partial charge >= 0.3 is 0 Å². The Morgan fingerprint density at radius 3 is 2.70 bits per heavy atom. The van der Waals surface area contributed by atoms with E-state index >= 15 is 0 Å². The lowest BCUT2D eigenvalue weighted by molar-refractivity contribution is -0.385. The van der Waals surface area contributed by atoms with E-state index in [1.807, 2.05) is 6.92 Å². The summed E-state index contributed by atoms with van der Waals surface area (Å²) in [5, 5.41) is 10.9. The summed E-state index contributed by atoms with van der Waals surface area (Å²) in [4.78, 5) is 47.6. The molecule has 2 heterocycles. The summed E-state index contributed by atoms with van der Waals surface area (Å²) in [6, 6.07) is 0.885. The average Bonchev–Trinajstić information content (AvgIpc) is 2.49. The van der Waals surface area contributed by atoms with Gasteiger partial charge in [-0.1, -0.05) is 0 Å². The van der Waals surface area contributed by atoms with E-state index in [0.29, 0.717) is 6.54 Å². The van der Waals surface area contributed by atoms with Crippen LogP contribution in [0.5, 0.6) is 0 Å². The molecule has 0 spiro atoms. The van der Waals surface area contributed by atoms with Gasteiger partial charge in [-0.25, -0.2) is 0 Å². The highest BCUT2D eigenvalue weighted by atomic mass is 16.6. The van der Waals surface area contributed by atoms with E-state index in [4.69, 9.17) is 5.73 Å². The molecule has 1 aromatic rings. The summed E-state index contributed by atoms with van der Waals surface area (Å²) in [6.07, 6.45) is 3.75. The maximum atomic E-state index is 12.4. The monoisotopic (exact) mass is 322 g/mol. The van der Waals surface area contributed by atoms with E-state index in [2.05, 4.69) is 0 Å². The minimum absolute atomic E-state index is 0.0567. The van der Waals surface area contributed by atoms with Crippen LogP contribution in [0.2, 0.25) is 0 Å². The Morgan fingerprint density at radius 1 is 1.43 bits per heavy atom. The zero-order chi connectivity index (χ0) is 17.1. The SMILES string of the molecule is CC1CCCCN1C(=O)Cn1cc([N+](=O)[O-])cc(C(N)=O)c1=O. The fourth-order valence-corrected chi connectivity index (χ4v) is 2.72. The van der Waals surface area contributed by atoms with Gasteiger partial charge in [0.05, 0.1) is 11.1 Å². The first kappa shape index (κ1) is 16.7. The van der Waals surface area contributed by atoms with E-state index in [1.165, 1.54) is 0 Å². The molecule has 2 amide bonds. The van der Waals surface area contributed by atoms with Gasteiger partial charge in [-0.15, -0.1) is 0 Å². The third-order valence-corrected chi connectivity index (χ3v) is 3.98. The van der Waals surface area contributed by atoms with E-state index < -0.39 is 27.6 Å². The van der Waals surface area contributed by atoms with Crippen molar-refractivity contribution in [3.63, 3.8) is 0 Å². The number of carbonyl (C=O) groups excluding carboxylic acids is 2. The maximum Gasteiger partial charge on any atom is 0.286 e. The second-order valence-corrected chi connectivity index (χ2v) is 5.60. The highest BCUT2D eigenvalue weighted by Crippen LogP contribution is 2.17. The fraction of sp³-hybridized carbons (Fsp3) is 0.500. The number of carbonyl (C=O) groups is 2. The Bertz CT molecular complexity index is 712. The van der Waals surface area contributed by atoms with Gasteiger partial charge in [-0.3, -0.25) is 29.1 Å². The van der Waals surface area contributed by atoms with Crippen LogP contribution in [0.1, 0.15) is 36.5 Å². The lowest BCUT2D eigenvalue weighted by Crippen LogP contribution is -2.45. The van der Waals surface area contributed by atoms with Crippen LogP contribution in [0.4, 0.5) is 5.69 Å². The van der Waals surface area contributed by atoms with Gasteiger partial charge in [-0.05, 0) is 26.2 Å². The Kier molecular flexibility index (Phi) is 4.77. The second-order valence-electron chi connectivity index (χ2n) is 5.60. The molecule has 1 aliphatic heterocycles. The molecule has 0 aliphatic carbocycles. The minimum atomic E-state index is -1.06. The standard InChI is InChI=1S/C14H18N4O5/c1-9-4-2-3-5-17(9)12(19)8-16-7-10(18(22)23)6-11(13(15)20)14(16)21/h6-7,9H,2-5,8H2,1H3,(H2,15,20). The van der Waals surface area contributed by atoms with Crippen molar-refractivity contribution in [2.24, 2.45) is 5.73 Å². The predicted molar refractivity (Wildman–Crippen MR) is 80.9 cm³/mol. The summed E-state index contributed by atoms with van der Waals surface area (Å²) in [5.41, 5.74) is 3.31. The number of amides is 2. The van der Waals surface area contributed by atoms with Crippen LogP contribution in [0.3, 0.4) is 0 Å². The molecule has 0 saturated carbocycles. The minimum Gasteiger partial charge on any atom is -0.365 e. The van der Waals surface area contributed by atoms with E-state index in [1.54, 1.807) is 4.90 Å². The van der Waals surface area contributed by atoms with Crippen LogP contribution < -0.4 is 11.3 Å². The van der Waals surface area contributed by atoms with Gasteiger partial charge in [0.15, 0.2) is 0 Å². The van der Waals surface area contributed by atoms with Gasteiger partial charge in [0, 0.05) is 18.7 Å². The third kappa shape index (κ3) is 3.55. The van der Waals surface area contributed by atoms with Crippen molar-refractivity contribution in [2.75, 3.05) is 6.54 Å². The van der Waals surface area contributed by atoms with Crippen molar-refractivity contribution in [2.45, 2.75) is 38.8 Å². The molecule has 1 fully saturated rings. The van der Waals surface area contributed by atoms with Gasteiger partial charge in [-0.2, -0.15) is 0 Å². The van der Waals surface area contributed by atoms with Gasteiger partial charge < -0.3 is 10.6 Å². The largest absolute Gasteiger partial charge is 0.365 e. The predicted octanol–water partition coefficient (Wildman–Crippen LogP) is 0.256. The molecule has 9 nitrogen and oxygen atoms in total. The summed E-state index contributed by atoms with van der Waals surface area (Å²) in [5.74, 6) is -1.37. The molecule has 2 rings (SSSR count). The highest BCUT2D eigenvalue weighted by Gasteiger charge is 2.25. The van der Waals surface area contributed by atoms with Gasteiger partial charge in [0.25, 0.3) is 17.2 Å². The topological polar surface area (TPSA) is 129 Å². The van der Waals surface area contributed by atoms with Crippen LogP contribution in [0.15, 0.2) is 17.1 Å². The zero-order valence-electron chi connectivity index (χ0n) is 12.7. The van der Waals surface area contributed by atoms with Crippen LogP contribution in [-0.2, 0) is 11.3 Å². The summed E-state index contributed by atoms with van der Waals surface area (Å²) < 4.78 is 0.877. The van der Waals surface area contributed by atoms with E-state index in [-0.39, 0.29) is 18.5 Å². The Morgan fingerprint density at radius 2 is 2.13 bits per heavy atom. The van der Waals surface area contributed by atoms with Crippen molar-refractivity contribution in [1.82, 2.24) is 9.47 Å². The Balaban J connectivity index is 2.35. The first-order valence-corrected chi connectivity index (χ1v) is 7.29. The molecule has 1 aromatic heterocycles. The Labute approximate surface area is 131 Å². The molecule has 0 aromatic carbocycles. The molecule has 9 heteroatoms. The number of hydrogen-bond donors (Lipinski definition) is 1. The number of rotatable bonds is 4. The van der Waals surface area contributed by atoms with Crippen molar-refractivity contribution in [3.8, 4) is 0 Å². The lowest BCUT2D eigenvalue weighted by atomic mass is 10.0. The highest BCUT2D eigenvalue weighted by molar-refractivity contribution is 5.93. The van der Waals surface area contributed by atoms with Crippen molar-refractivity contribution < 1.29 is 14.5 Å². The van der Waals surface area contributed by atoms with Gasteiger partial charge in [0.2, 0.25) is 5.91 Å². The molecule has 124 valence electrons. The van der Waals surface area contributed by atoms with Crippen LogP contribution in [-0.4, -0.2) is 38.8 Å². The molecule has 1 unspecified atom stereocenters. The first-order valence-electron chi connectivity index (χ1n) is 7.29. The number of primary amides is 1. The van der Waals surface area contributed by atoms with Crippen molar-refractivity contribution >= 4 is 17.5 Å². The smallest absolute Gasteiger partial charge is 0.286 e. The molecule has 23 heavy (non-hydrogen) atoms. The molecule has 2 N–H and O–H groups in total. The van der Waals surface area contributed by atoms with Gasteiger partial charge in [0.1, 0.15) is 12.1 Å². The summed E-state index contributed by atoms with van der Waals surface area (Å²) in [7, 11) is 0. The number of nitrogens with zero attached hydrogens (tertiary/aromatic N) is 3. The van der Waals surface area contributed by atoms with Crippen molar-refractivity contribution in [3.05, 3.63) is 38.3 Å². The molecular formula is C14H18N4O5. The zero-order valence-corrected chi connectivity index (χ0v) is 12.7. The first-order chi connectivity index (χ1) is 10.8. The van der Waals surface area contributed by atoms with Crippen LogP contribution in [0.25, 0.3) is 0 Å². The third-order valence-electron chi connectivity index (χ3n) is 3.98. The molecule has 0 radical (unpaired) electrons. The lowest BCUT2D eigenvalue weighted by Gasteiger charge is -2.33. The molecule has 0 bridgehead atoms. The quantitative estimate of drug-likeness (QED) is 0.628. The average molecular weight is 322 g/mol. The Hall–Kier alpha value is -2.71. The molecule has 1 saturated heterocycles. The van der Waals surface area contributed by atoms with E-state index in [9.17, 15) is 24.5 Å². The van der Waals surface area contributed by atoms with Crippen LogP contribution in [0, 0.1) is 10.1 Å². The molecular weight excluding hydrogens is 304 g/mol. The number of nitro groups is 1. The number of aromatic nitrogens is 1. The summed E-state index contributed by atoms with van der Waals surface area (Å²) >= 11 is 0. The number of piperidine rings is 1. The van der Waals surface area contributed by atoms with Crippen molar-refractivity contribution in [1.29, 1.82) is 0 Å². The summed E-state index contributed by atoms with van der Waals surface area (Å²) in [6.45, 7) is 2.15. The number of likely N-dealkylation sites (tertiary alicyclic amines) is 1. The van der Waals surface area contributed by atoms with Crippen LogP contribution >= 0.6 is 0 Å². The fourth-order valence-electron chi connectivity index (χ4n) is 2.72. The molecule has 1 atom stereocenters. The van der Waals surface area contributed by atoms with E-state index in [0.717, 1.165) is 36.1 Å². The molecule has 1 aliphatic rings. The normalized spacial score (nSPS) is 17.8. The number of nitrogens with two attached hydrogens (primary N) is 1. The number of pyridine rings is 1. The number of hydrogen-bond acceptors (Lipinski definition) is 5. The second kappa shape index (κ2) is 6.59.